The maximum atomic E-state index is 14.4. The van der Waals surface area contributed by atoms with Crippen molar-refractivity contribution in [2.75, 3.05) is 0 Å². The average Bonchev–Trinajstić information content (AvgIpc) is 2.97. The van der Waals surface area contributed by atoms with E-state index in [1.54, 1.807) is 24.3 Å². The molecule has 0 unspecified atom stereocenters. The Morgan fingerprint density at radius 2 is 1.96 bits per heavy atom. The summed E-state index contributed by atoms with van der Waals surface area (Å²) in [7, 11) is 0. The van der Waals surface area contributed by atoms with Crippen LogP contribution in [0, 0.1) is 24.0 Å². The predicted octanol–water partition coefficient (Wildman–Crippen LogP) is 3.56. The zero-order valence-corrected chi connectivity index (χ0v) is 12.3. The minimum atomic E-state index is -0.621. The van der Waals surface area contributed by atoms with Gasteiger partial charge >= 0.3 is 0 Å². The molecule has 116 valence electrons. The molecule has 3 N–H and O–H groups in total. The smallest absolute Gasteiger partial charge is 0.155 e. The van der Waals surface area contributed by atoms with Crippen LogP contribution < -0.4 is 5.73 Å². The zero-order valence-electron chi connectivity index (χ0n) is 12.3. The Hall–Kier alpha value is -3.02. The van der Waals surface area contributed by atoms with Crippen molar-refractivity contribution in [2.24, 2.45) is 5.73 Å². The van der Waals surface area contributed by atoms with E-state index in [9.17, 15) is 8.78 Å². The summed E-state index contributed by atoms with van der Waals surface area (Å²) in [6.45, 7) is 1.40. The number of hydrogen-bond acceptors (Lipinski definition) is 3. The number of nitrogens with one attached hydrogen (secondary N) is 1. The van der Waals surface area contributed by atoms with Crippen LogP contribution in [0.3, 0.4) is 0 Å². The Labute approximate surface area is 131 Å². The van der Waals surface area contributed by atoms with Crippen molar-refractivity contribution in [3.8, 4) is 5.69 Å². The highest BCUT2D eigenvalue weighted by molar-refractivity contribution is 5.83. The summed E-state index contributed by atoms with van der Waals surface area (Å²) in [4.78, 5) is 0. The molecule has 0 amide bonds. The first-order valence-corrected chi connectivity index (χ1v) is 6.92. The van der Waals surface area contributed by atoms with Crippen molar-refractivity contribution in [1.82, 2.24) is 9.78 Å². The summed E-state index contributed by atoms with van der Waals surface area (Å²) < 4.78 is 29.4. The normalized spacial score (nSPS) is 11.9. The maximum absolute atomic E-state index is 14.4. The molecule has 1 aromatic heterocycles. The summed E-state index contributed by atoms with van der Waals surface area (Å²) in [5.74, 6) is -1.21. The van der Waals surface area contributed by atoms with Crippen molar-refractivity contribution in [3.05, 3.63) is 65.4 Å². The van der Waals surface area contributed by atoms with Crippen LogP contribution in [0.2, 0.25) is 0 Å². The van der Waals surface area contributed by atoms with Gasteiger partial charge in [-0.25, -0.2) is 13.5 Å². The van der Waals surface area contributed by atoms with Crippen molar-refractivity contribution in [2.45, 2.75) is 6.92 Å². The van der Waals surface area contributed by atoms with Gasteiger partial charge in [-0.2, -0.15) is 5.10 Å². The molecule has 0 bridgehead atoms. The van der Waals surface area contributed by atoms with E-state index in [0.29, 0.717) is 16.8 Å². The fourth-order valence-corrected chi connectivity index (χ4v) is 2.39. The SMILES string of the molecule is Cc1c(F)cc2cnn(-c3ccc(/C(N)=C/C=N)cc3)c2c1F. The number of halogens is 2. The van der Waals surface area contributed by atoms with E-state index >= 15 is 0 Å². The highest BCUT2D eigenvalue weighted by Gasteiger charge is 2.15. The van der Waals surface area contributed by atoms with Gasteiger partial charge in [0.25, 0.3) is 0 Å². The van der Waals surface area contributed by atoms with E-state index in [-0.39, 0.29) is 11.1 Å². The lowest BCUT2D eigenvalue weighted by Crippen LogP contribution is -2.01. The first kappa shape index (κ1) is 14.9. The van der Waals surface area contributed by atoms with Gasteiger partial charge in [0, 0.05) is 22.9 Å². The van der Waals surface area contributed by atoms with Gasteiger partial charge in [0.15, 0.2) is 5.82 Å². The largest absolute Gasteiger partial charge is 0.398 e. The number of fused-ring (bicyclic) bond motifs is 1. The van der Waals surface area contributed by atoms with E-state index in [0.717, 1.165) is 11.8 Å². The zero-order chi connectivity index (χ0) is 16.6. The van der Waals surface area contributed by atoms with Gasteiger partial charge < -0.3 is 11.1 Å². The van der Waals surface area contributed by atoms with Crippen LogP contribution in [0.5, 0.6) is 0 Å². The van der Waals surface area contributed by atoms with E-state index < -0.39 is 11.6 Å². The summed E-state index contributed by atoms with van der Waals surface area (Å²) in [5, 5.41) is 11.6. The molecule has 0 saturated heterocycles. The highest BCUT2D eigenvalue weighted by Crippen LogP contribution is 2.26. The fourth-order valence-electron chi connectivity index (χ4n) is 2.39. The average molecular weight is 312 g/mol. The summed E-state index contributed by atoms with van der Waals surface area (Å²) >= 11 is 0. The van der Waals surface area contributed by atoms with Crippen LogP contribution in [0.1, 0.15) is 11.1 Å². The number of aromatic nitrogens is 2. The van der Waals surface area contributed by atoms with Crippen molar-refractivity contribution < 1.29 is 8.78 Å². The van der Waals surface area contributed by atoms with E-state index in [4.69, 9.17) is 11.1 Å². The first-order chi connectivity index (χ1) is 11.0. The van der Waals surface area contributed by atoms with Crippen LogP contribution in [0.25, 0.3) is 22.3 Å². The molecule has 3 aromatic rings. The minimum Gasteiger partial charge on any atom is -0.398 e. The topological polar surface area (TPSA) is 67.7 Å². The van der Waals surface area contributed by atoms with Crippen molar-refractivity contribution in [3.63, 3.8) is 0 Å². The van der Waals surface area contributed by atoms with Gasteiger partial charge in [-0.3, -0.25) is 0 Å². The molecule has 0 radical (unpaired) electrons. The molecule has 0 spiro atoms. The maximum Gasteiger partial charge on any atom is 0.155 e. The lowest BCUT2D eigenvalue weighted by atomic mass is 10.1. The van der Waals surface area contributed by atoms with E-state index in [1.165, 1.54) is 29.9 Å². The van der Waals surface area contributed by atoms with Crippen molar-refractivity contribution in [1.29, 1.82) is 5.41 Å². The number of benzene rings is 2. The molecule has 2 aromatic carbocycles. The third kappa shape index (κ3) is 2.48. The molecule has 23 heavy (non-hydrogen) atoms. The number of hydrogen-bond donors (Lipinski definition) is 2. The van der Waals surface area contributed by atoms with Crippen LogP contribution in [0.4, 0.5) is 8.78 Å². The van der Waals surface area contributed by atoms with Gasteiger partial charge in [0.1, 0.15) is 11.3 Å². The van der Waals surface area contributed by atoms with E-state index in [2.05, 4.69) is 5.10 Å². The molecule has 3 rings (SSSR count). The van der Waals surface area contributed by atoms with Gasteiger partial charge in [0.2, 0.25) is 0 Å². The number of rotatable bonds is 3. The Kier molecular flexibility index (Phi) is 3.65. The Morgan fingerprint density at radius 1 is 1.26 bits per heavy atom. The summed E-state index contributed by atoms with van der Waals surface area (Å²) in [6.07, 6.45) is 4.01. The summed E-state index contributed by atoms with van der Waals surface area (Å²) in [5.41, 5.74) is 7.86. The van der Waals surface area contributed by atoms with Gasteiger partial charge in [-0.1, -0.05) is 12.1 Å². The lowest BCUT2D eigenvalue weighted by molar-refractivity contribution is 0.573. The number of allylic oxidation sites excluding steroid dienone is 1. The van der Waals surface area contributed by atoms with Crippen LogP contribution >= 0.6 is 0 Å². The number of nitrogens with zero attached hydrogens (tertiary/aromatic N) is 2. The molecule has 4 nitrogen and oxygen atoms in total. The third-order valence-electron chi connectivity index (χ3n) is 3.68. The van der Waals surface area contributed by atoms with E-state index in [1.807, 2.05) is 0 Å². The molecule has 0 aliphatic carbocycles. The molecule has 6 heteroatoms. The van der Waals surface area contributed by atoms with Gasteiger partial charge in [0.05, 0.1) is 11.9 Å². The molecule has 1 heterocycles. The predicted molar refractivity (Wildman–Crippen MR) is 86.7 cm³/mol. The van der Waals surface area contributed by atoms with Gasteiger partial charge in [-0.05, 0) is 36.8 Å². The van der Waals surface area contributed by atoms with Crippen LogP contribution in [-0.2, 0) is 0 Å². The second-order valence-corrected chi connectivity index (χ2v) is 5.13. The molecule has 0 atom stereocenters. The lowest BCUT2D eigenvalue weighted by Gasteiger charge is -2.08. The molecule has 0 aliphatic heterocycles. The Bertz CT molecular complexity index is 924. The molecular formula is C17H14F2N4. The molecular weight excluding hydrogens is 298 g/mol. The second kappa shape index (κ2) is 5.64. The minimum absolute atomic E-state index is 0.0333. The molecule has 0 fully saturated rings. The standard InChI is InChI=1S/C17H14F2N4/c1-10-14(18)8-12-9-22-23(17(12)16(10)19)13-4-2-11(3-5-13)15(21)6-7-20/h2-9,20H,21H2,1H3/b15-6-,20-7?. The van der Waals surface area contributed by atoms with Crippen LogP contribution in [0.15, 0.2) is 42.6 Å². The Balaban J connectivity index is 2.13. The highest BCUT2D eigenvalue weighted by atomic mass is 19.1. The third-order valence-corrected chi connectivity index (χ3v) is 3.68. The Morgan fingerprint density at radius 3 is 2.61 bits per heavy atom. The molecule has 0 saturated carbocycles. The fraction of sp³-hybridized carbons (Fsp3) is 0.0588. The first-order valence-electron chi connectivity index (χ1n) is 6.92. The van der Waals surface area contributed by atoms with Crippen LogP contribution in [-0.4, -0.2) is 16.0 Å². The summed E-state index contributed by atoms with van der Waals surface area (Å²) in [6, 6.07) is 8.27. The quantitative estimate of drug-likeness (QED) is 0.726. The second-order valence-electron chi connectivity index (χ2n) is 5.13. The van der Waals surface area contributed by atoms with Crippen molar-refractivity contribution >= 4 is 22.8 Å². The van der Waals surface area contributed by atoms with Gasteiger partial charge in [-0.15, -0.1) is 0 Å². The molecule has 0 aliphatic rings. The monoisotopic (exact) mass is 312 g/mol. The number of nitrogens with two attached hydrogens (primary N) is 1.